The molecule has 2 N–H and O–H groups in total. The van der Waals surface area contributed by atoms with Gasteiger partial charge in [0.2, 0.25) is 0 Å². The number of guanidine groups is 1. The van der Waals surface area contributed by atoms with Crippen LogP contribution in [0.5, 0.6) is 5.75 Å². The Labute approximate surface area is 174 Å². The Hall–Kier alpha value is -1.02. The van der Waals surface area contributed by atoms with Crippen LogP contribution in [-0.4, -0.2) is 38.4 Å². The molecule has 0 saturated heterocycles. The summed E-state index contributed by atoms with van der Waals surface area (Å²) in [4.78, 5) is 4.41. The van der Waals surface area contributed by atoms with E-state index in [9.17, 15) is 0 Å². The summed E-state index contributed by atoms with van der Waals surface area (Å²) in [6, 6.07) is 8.61. The molecule has 2 unspecified atom stereocenters. The van der Waals surface area contributed by atoms with E-state index in [0.717, 1.165) is 30.3 Å². The van der Waals surface area contributed by atoms with Crippen LogP contribution in [0.1, 0.15) is 45.1 Å². The molecule has 0 aliphatic heterocycles. The number of benzene rings is 1. The van der Waals surface area contributed by atoms with Gasteiger partial charge in [-0.15, -0.1) is 24.0 Å². The third kappa shape index (κ3) is 4.27. The summed E-state index contributed by atoms with van der Waals surface area (Å²) < 4.78 is 11.6. The van der Waals surface area contributed by atoms with Gasteiger partial charge < -0.3 is 20.1 Å². The first-order valence-corrected chi connectivity index (χ1v) is 9.53. The highest BCUT2D eigenvalue weighted by Gasteiger charge is 2.59. The molecule has 6 heteroatoms. The molecule has 2 saturated carbocycles. The molecule has 5 nitrogen and oxygen atoms in total. The van der Waals surface area contributed by atoms with Crippen LogP contribution in [0.25, 0.3) is 0 Å². The summed E-state index contributed by atoms with van der Waals surface area (Å²) in [5, 5.41) is 7.06. The van der Waals surface area contributed by atoms with Crippen molar-refractivity contribution in [3.05, 3.63) is 29.8 Å². The quantitative estimate of drug-likeness (QED) is 0.360. The molecule has 2 atom stereocenters. The van der Waals surface area contributed by atoms with E-state index >= 15 is 0 Å². The van der Waals surface area contributed by atoms with E-state index in [0.29, 0.717) is 30.7 Å². The fraction of sp³-hybridized carbons (Fsp3) is 0.650. The number of halogens is 1. The van der Waals surface area contributed by atoms with Crippen molar-refractivity contribution in [1.29, 1.82) is 0 Å². The van der Waals surface area contributed by atoms with Gasteiger partial charge in [-0.05, 0) is 39.2 Å². The van der Waals surface area contributed by atoms with Gasteiger partial charge in [-0.2, -0.15) is 0 Å². The van der Waals surface area contributed by atoms with E-state index in [1.54, 1.807) is 0 Å². The lowest BCUT2D eigenvalue weighted by atomic mass is 9.51. The Balaban J connectivity index is 0.00000243. The minimum Gasteiger partial charge on any atom is -0.494 e. The summed E-state index contributed by atoms with van der Waals surface area (Å²) in [6.45, 7) is 6.27. The summed E-state index contributed by atoms with van der Waals surface area (Å²) in [5.41, 5.74) is 1.48. The largest absolute Gasteiger partial charge is 0.494 e. The second-order valence-corrected chi connectivity index (χ2v) is 6.93. The highest BCUT2D eigenvalue weighted by molar-refractivity contribution is 14.0. The number of hydrogen-bond acceptors (Lipinski definition) is 3. The third-order valence-electron chi connectivity index (χ3n) is 5.69. The lowest BCUT2D eigenvalue weighted by Crippen LogP contribution is -2.68. The molecule has 0 amide bonds. The van der Waals surface area contributed by atoms with Crippen molar-refractivity contribution in [2.75, 3.05) is 20.3 Å². The zero-order chi connectivity index (χ0) is 17.7. The fourth-order valence-corrected chi connectivity index (χ4v) is 4.13. The van der Waals surface area contributed by atoms with Crippen LogP contribution in [0.2, 0.25) is 0 Å². The molecule has 26 heavy (non-hydrogen) atoms. The van der Waals surface area contributed by atoms with Crippen molar-refractivity contribution in [3.63, 3.8) is 0 Å². The van der Waals surface area contributed by atoms with Crippen molar-refractivity contribution >= 4 is 29.9 Å². The number of para-hydroxylation sites is 1. The first-order chi connectivity index (χ1) is 12.2. The van der Waals surface area contributed by atoms with Crippen molar-refractivity contribution in [2.24, 2.45) is 10.4 Å². The Morgan fingerprint density at radius 3 is 2.62 bits per heavy atom. The predicted molar refractivity (Wildman–Crippen MR) is 116 cm³/mol. The lowest BCUT2D eigenvalue weighted by Gasteiger charge is -2.61. The Bertz CT molecular complexity index is 604. The molecule has 2 aliphatic rings. The molecule has 1 aromatic carbocycles. The van der Waals surface area contributed by atoms with Crippen LogP contribution in [0.4, 0.5) is 0 Å². The number of nitrogens with zero attached hydrogens (tertiary/aromatic N) is 1. The van der Waals surface area contributed by atoms with Crippen LogP contribution in [-0.2, 0) is 11.3 Å². The van der Waals surface area contributed by atoms with Crippen LogP contribution < -0.4 is 15.4 Å². The zero-order valence-electron chi connectivity index (χ0n) is 16.1. The molecule has 0 aromatic heterocycles. The number of rotatable bonds is 7. The Morgan fingerprint density at radius 1 is 1.23 bits per heavy atom. The van der Waals surface area contributed by atoms with Crippen LogP contribution in [0.15, 0.2) is 29.3 Å². The first kappa shape index (κ1) is 21.3. The molecule has 1 aromatic rings. The smallest absolute Gasteiger partial charge is 0.191 e. The average Bonchev–Trinajstić information content (AvgIpc) is 2.56. The molecule has 0 bridgehead atoms. The summed E-state index contributed by atoms with van der Waals surface area (Å²) in [7, 11) is 1.83. The molecule has 0 heterocycles. The summed E-state index contributed by atoms with van der Waals surface area (Å²) in [6.07, 6.45) is 5.33. The lowest BCUT2D eigenvalue weighted by molar-refractivity contribution is -0.168. The minimum absolute atomic E-state index is 0. The standard InChI is InChI=1S/C20H31N3O2.HI/c1-4-24-16-10-7-6-9-15(16)14-22-19(21-3)23-17-13-18(25-5-2)20(17)11-8-12-20;/h6-7,9-10,17-18H,4-5,8,11-14H2,1-3H3,(H2,21,22,23);1H. The number of aliphatic imine (C=N–C) groups is 1. The fourth-order valence-electron chi connectivity index (χ4n) is 4.13. The maximum Gasteiger partial charge on any atom is 0.191 e. The molecule has 2 fully saturated rings. The molecular formula is C20H32IN3O2. The van der Waals surface area contributed by atoms with Gasteiger partial charge in [-0.1, -0.05) is 24.6 Å². The SMILES string of the molecule is CCOc1ccccc1CNC(=NC)NC1CC(OCC)C12CCC2.I. The molecule has 0 radical (unpaired) electrons. The molecule has 1 spiro atoms. The van der Waals surface area contributed by atoms with Crippen LogP contribution in [0.3, 0.4) is 0 Å². The minimum atomic E-state index is 0. The normalized spacial score (nSPS) is 23.4. The number of ether oxygens (including phenoxy) is 2. The van der Waals surface area contributed by atoms with Crippen molar-refractivity contribution in [2.45, 2.75) is 58.2 Å². The average molecular weight is 473 g/mol. The van der Waals surface area contributed by atoms with Gasteiger partial charge in [0.1, 0.15) is 5.75 Å². The van der Waals surface area contributed by atoms with E-state index < -0.39 is 0 Å². The molecule has 146 valence electrons. The predicted octanol–water partition coefficient (Wildman–Crippen LogP) is 3.72. The van der Waals surface area contributed by atoms with Crippen LogP contribution in [0, 0.1) is 5.41 Å². The van der Waals surface area contributed by atoms with Gasteiger partial charge in [-0.25, -0.2) is 0 Å². The van der Waals surface area contributed by atoms with E-state index in [1.807, 2.05) is 32.2 Å². The van der Waals surface area contributed by atoms with Crippen molar-refractivity contribution in [1.82, 2.24) is 10.6 Å². The zero-order valence-corrected chi connectivity index (χ0v) is 18.4. The molecule has 3 rings (SSSR count). The van der Waals surface area contributed by atoms with Crippen LogP contribution >= 0.6 is 24.0 Å². The van der Waals surface area contributed by atoms with Gasteiger partial charge in [-0.3, -0.25) is 4.99 Å². The molecular weight excluding hydrogens is 441 g/mol. The van der Waals surface area contributed by atoms with Crippen molar-refractivity contribution < 1.29 is 9.47 Å². The number of nitrogens with one attached hydrogen (secondary N) is 2. The van der Waals surface area contributed by atoms with Gasteiger partial charge in [0.25, 0.3) is 0 Å². The van der Waals surface area contributed by atoms with Gasteiger partial charge >= 0.3 is 0 Å². The summed E-state index contributed by atoms with van der Waals surface area (Å²) in [5.74, 6) is 1.79. The van der Waals surface area contributed by atoms with E-state index in [4.69, 9.17) is 9.47 Å². The second kappa shape index (κ2) is 9.78. The Kier molecular flexibility index (Phi) is 8.01. The highest BCUT2D eigenvalue weighted by atomic mass is 127. The first-order valence-electron chi connectivity index (χ1n) is 9.53. The molecule has 2 aliphatic carbocycles. The van der Waals surface area contributed by atoms with Gasteiger partial charge in [0.05, 0.1) is 12.7 Å². The van der Waals surface area contributed by atoms with E-state index in [1.165, 1.54) is 19.3 Å². The third-order valence-corrected chi connectivity index (χ3v) is 5.69. The topological polar surface area (TPSA) is 54.9 Å². The summed E-state index contributed by atoms with van der Waals surface area (Å²) >= 11 is 0. The van der Waals surface area contributed by atoms with Gasteiger partial charge in [0.15, 0.2) is 5.96 Å². The van der Waals surface area contributed by atoms with E-state index in [-0.39, 0.29) is 24.0 Å². The maximum absolute atomic E-state index is 5.94. The monoisotopic (exact) mass is 473 g/mol. The van der Waals surface area contributed by atoms with Gasteiger partial charge in [0, 0.05) is 37.2 Å². The number of hydrogen-bond donors (Lipinski definition) is 2. The Morgan fingerprint density at radius 2 is 2.00 bits per heavy atom. The highest BCUT2D eigenvalue weighted by Crippen LogP contribution is 2.57. The van der Waals surface area contributed by atoms with E-state index in [2.05, 4.69) is 28.6 Å². The second-order valence-electron chi connectivity index (χ2n) is 6.93. The maximum atomic E-state index is 5.94. The van der Waals surface area contributed by atoms with Crippen molar-refractivity contribution in [3.8, 4) is 5.75 Å².